The first-order valence-corrected chi connectivity index (χ1v) is 8.86. The van der Waals surface area contributed by atoms with E-state index in [2.05, 4.69) is 10.3 Å². The molecule has 3 N–H and O–H groups in total. The van der Waals surface area contributed by atoms with Crippen molar-refractivity contribution in [3.63, 3.8) is 0 Å². The molecular weight excluding hydrogens is 364 g/mol. The molecule has 0 saturated heterocycles. The maximum absolute atomic E-state index is 13.2. The molecule has 0 bridgehead atoms. The Morgan fingerprint density at radius 2 is 1.79 bits per heavy atom. The fourth-order valence-electron chi connectivity index (χ4n) is 3.07. The smallest absolute Gasteiger partial charge is 0.261 e. The Labute approximate surface area is 184 Å². The number of hydrogen-bond acceptors (Lipinski definition) is 3. The number of aromatic amines is 1. The third-order valence-electron chi connectivity index (χ3n) is 4.54. The number of aromatic hydroxyl groups is 1. The second-order valence-corrected chi connectivity index (χ2v) is 7.87. The van der Waals surface area contributed by atoms with Gasteiger partial charge in [0.25, 0.3) is 5.91 Å². The number of nitrogens with one attached hydrogen (secondary N) is 2. The molecule has 0 unspecified atom stereocenters. The normalized spacial score (nSPS) is 18.6. The van der Waals surface area contributed by atoms with E-state index in [9.17, 15) is 14.7 Å². The van der Waals surface area contributed by atoms with Crippen LogP contribution >= 0.6 is 0 Å². The van der Waals surface area contributed by atoms with Gasteiger partial charge >= 0.3 is 0 Å². The molecule has 0 aliphatic carbocycles. The van der Waals surface area contributed by atoms with E-state index < -0.39 is 65.8 Å². The van der Waals surface area contributed by atoms with Crippen molar-refractivity contribution < 1.29 is 23.6 Å². The minimum atomic E-state index is -3.61. The van der Waals surface area contributed by atoms with Gasteiger partial charge in [-0.1, -0.05) is 53.5 Å². The lowest BCUT2D eigenvalue weighted by atomic mass is 9.79. The van der Waals surface area contributed by atoms with Crippen molar-refractivity contribution in [1.29, 1.82) is 0 Å². The number of amides is 1. The van der Waals surface area contributed by atoms with E-state index in [1.165, 1.54) is 6.07 Å². The first-order valence-electron chi connectivity index (χ1n) is 13.9. The number of carbonyl (C=O) groups is 1. The first kappa shape index (κ1) is 11.2. The van der Waals surface area contributed by atoms with Crippen LogP contribution in [0.25, 0.3) is 10.9 Å². The molecular formula is C24H28N2O3. The van der Waals surface area contributed by atoms with Crippen molar-refractivity contribution in [2.75, 3.05) is 5.32 Å². The zero-order chi connectivity index (χ0) is 29.9. The van der Waals surface area contributed by atoms with Crippen LogP contribution < -0.4 is 10.7 Å². The average molecular weight is 403 g/mol. The fraction of sp³-hybridized carbons (Fsp3) is 0.333. The lowest BCUT2D eigenvalue weighted by molar-refractivity contribution is 0.102. The minimum Gasteiger partial charge on any atom is -0.508 e. The number of rotatable bonds is 2. The number of phenolic OH excluding ortho intramolecular Hbond substituents is 1. The van der Waals surface area contributed by atoms with Gasteiger partial charge in [0.1, 0.15) is 11.3 Å². The van der Waals surface area contributed by atoms with Crippen LogP contribution in [-0.2, 0) is 10.8 Å². The summed E-state index contributed by atoms with van der Waals surface area (Å²) in [6, 6.07) is 8.11. The molecule has 0 saturated carbocycles. The summed E-state index contributed by atoms with van der Waals surface area (Å²) in [5.74, 6) is -2.00. The number of aromatic nitrogens is 1. The lowest BCUT2D eigenvalue weighted by Crippen LogP contribution is -2.25. The third kappa shape index (κ3) is 4.04. The Morgan fingerprint density at radius 3 is 2.45 bits per heavy atom. The van der Waals surface area contributed by atoms with Gasteiger partial charge < -0.3 is 15.4 Å². The highest BCUT2D eigenvalue weighted by Gasteiger charge is 2.26. The van der Waals surface area contributed by atoms with Crippen molar-refractivity contribution >= 4 is 22.5 Å². The summed E-state index contributed by atoms with van der Waals surface area (Å²) >= 11 is 0. The molecule has 2 aromatic carbocycles. The second-order valence-electron chi connectivity index (χ2n) is 7.87. The number of phenols is 1. The highest BCUT2D eigenvalue weighted by Crippen LogP contribution is 2.39. The number of carbonyl (C=O) groups excluding carboxylic acids is 1. The molecule has 0 spiro atoms. The Balaban J connectivity index is 2.31. The Kier molecular flexibility index (Phi) is 2.73. The van der Waals surface area contributed by atoms with Crippen molar-refractivity contribution in [1.82, 2.24) is 4.98 Å². The van der Waals surface area contributed by atoms with Gasteiger partial charge in [0.05, 0.1) is 1.37 Å². The van der Waals surface area contributed by atoms with Gasteiger partial charge in [-0.3, -0.25) is 9.59 Å². The van der Waals surface area contributed by atoms with E-state index in [0.29, 0.717) is 5.52 Å². The molecule has 0 aliphatic heterocycles. The van der Waals surface area contributed by atoms with Crippen molar-refractivity contribution in [2.45, 2.75) is 52.2 Å². The molecule has 29 heavy (non-hydrogen) atoms. The molecule has 0 radical (unpaired) electrons. The number of pyridine rings is 1. The average Bonchev–Trinajstić information content (AvgIpc) is 2.71. The first-order chi connectivity index (χ1) is 17.6. The van der Waals surface area contributed by atoms with E-state index in [1.54, 1.807) is 39.0 Å². The number of benzene rings is 2. The van der Waals surface area contributed by atoms with E-state index in [1.807, 2.05) is 0 Å². The topological polar surface area (TPSA) is 82.2 Å². The molecule has 3 aromatic rings. The summed E-state index contributed by atoms with van der Waals surface area (Å²) in [5, 5.41) is 13.5. The molecule has 1 heterocycles. The summed E-state index contributed by atoms with van der Waals surface area (Å²) in [6.45, 7) is -5.92. The highest BCUT2D eigenvalue weighted by molar-refractivity contribution is 6.06. The maximum atomic E-state index is 13.2. The van der Waals surface area contributed by atoms with Gasteiger partial charge in [-0.2, -0.15) is 0 Å². The summed E-state index contributed by atoms with van der Waals surface area (Å²) < 4.78 is 79.9. The molecule has 0 atom stereocenters. The van der Waals surface area contributed by atoms with E-state index in [4.69, 9.17) is 13.7 Å². The van der Waals surface area contributed by atoms with Crippen LogP contribution in [0.4, 0.5) is 5.69 Å². The monoisotopic (exact) mass is 402 g/mol. The summed E-state index contributed by atoms with van der Waals surface area (Å²) in [4.78, 5) is 28.9. The molecule has 3 rings (SSSR count). The highest BCUT2D eigenvalue weighted by atomic mass is 16.3. The van der Waals surface area contributed by atoms with E-state index >= 15 is 0 Å². The SMILES string of the molecule is [2H]c1[nH]c2ccccc2c(=O)c1C(=O)Nc1cc(O)c(C(C([2H])([2H])[2H])(C([2H])([2H])[2H])C([2H])([2H])[2H])cc1C(C)(C)C. The van der Waals surface area contributed by atoms with Crippen LogP contribution in [0.5, 0.6) is 5.75 Å². The van der Waals surface area contributed by atoms with Gasteiger partial charge in [0, 0.05) is 41.2 Å². The molecule has 0 fully saturated rings. The van der Waals surface area contributed by atoms with Crippen molar-refractivity contribution in [3.8, 4) is 5.75 Å². The second kappa shape index (κ2) is 7.07. The Bertz CT molecular complexity index is 1460. The van der Waals surface area contributed by atoms with Gasteiger partial charge in [0.2, 0.25) is 5.43 Å². The number of anilines is 1. The van der Waals surface area contributed by atoms with Crippen LogP contribution in [0.15, 0.2) is 47.4 Å². The molecule has 152 valence electrons. The summed E-state index contributed by atoms with van der Waals surface area (Å²) in [5.41, 5.74) is -6.22. The Hall–Kier alpha value is -3.08. The number of fused-ring (bicyclic) bond motifs is 1. The largest absolute Gasteiger partial charge is 0.508 e. The van der Waals surface area contributed by atoms with Crippen LogP contribution in [0, 0.1) is 0 Å². The molecule has 5 nitrogen and oxygen atoms in total. The molecule has 1 aromatic heterocycles. The zero-order valence-corrected chi connectivity index (χ0v) is 16.2. The van der Waals surface area contributed by atoms with Crippen molar-refractivity contribution in [3.05, 3.63) is 69.5 Å². The van der Waals surface area contributed by atoms with Crippen LogP contribution in [0.2, 0.25) is 0 Å². The van der Waals surface area contributed by atoms with Gasteiger partial charge in [-0.25, -0.2) is 0 Å². The lowest BCUT2D eigenvalue weighted by Gasteiger charge is -2.28. The quantitative estimate of drug-likeness (QED) is 0.559. The van der Waals surface area contributed by atoms with Crippen LogP contribution in [-0.4, -0.2) is 16.0 Å². The standard InChI is InChI=1S/C24H28N2O3/c1-23(2,3)16-11-17(24(4,5)6)20(27)12-19(16)26-22(29)15-13-25-18-10-8-7-9-14(18)21(15)28/h7-13,27H,1-6H3,(H,25,28)(H,26,29)/i4D3,5D3,6D3,13D. The van der Waals surface area contributed by atoms with Crippen LogP contribution in [0.1, 0.15) is 76.5 Å². The zero-order valence-electron chi connectivity index (χ0n) is 26.2. The van der Waals surface area contributed by atoms with Crippen molar-refractivity contribution in [2.24, 2.45) is 0 Å². The Morgan fingerprint density at radius 1 is 1.10 bits per heavy atom. The summed E-state index contributed by atoms with van der Waals surface area (Å²) in [6.07, 6.45) is -0.472. The van der Waals surface area contributed by atoms with Gasteiger partial charge in [-0.05, 0) is 40.2 Å². The third-order valence-corrected chi connectivity index (χ3v) is 4.54. The van der Waals surface area contributed by atoms with E-state index in [-0.39, 0.29) is 16.6 Å². The molecule has 5 heteroatoms. The van der Waals surface area contributed by atoms with Gasteiger partial charge in [-0.15, -0.1) is 0 Å². The predicted molar refractivity (Wildman–Crippen MR) is 118 cm³/mol. The fourth-order valence-corrected chi connectivity index (χ4v) is 3.07. The maximum Gasteiger partial charge on any atom is 0.261 e. The van der Waals surface area contributed by atoms with Gasteiger partial charge in [0.15, 0.2) is 0 Å². The summed E-state index contributed by atoms with van der Waals surface area (Å²) in [7, 11) is 0. The number of hydrogen-bond donors (Lipinski definition) is 3. The number of para-hydroxylation sites is 1. The van der Waals surface area contributed by atoms with Crippen LogP contribution in [0.3, 0.4) is 0 Å². The minimum absolute atomic E-state index is 0.0922. The molecule has 1 amide bonds. The van der Waals surface area contributed by atoms with E-state index in [0.717, 1.165) is 12.1 Å². The number of H-pyrrole nitrogens is 1. The predicted octanol–water partition coefficient (Wildman–Crippen LogP) is 5.08. The molecule has 0 aliphatic rings.